The predicted molar refractivity (Wildman–Crippen MR) is 137 cm³/mol. The van der Waals surface area contributed by atoms with Crippen molar-refractivity contribution in [3.05, 3.63) is 36.7 Å². The third-order valence-corrected chi connectivity index (χ3v) is 8.14. The minimum Gasteiger partial charge on any atom is -0.507 e. The standard InChI is InChI=1S/C27H32FN7O2/c1-26-9-4-10-27(2,34-26)24(28)21(13-26)35(18-6-7-18)25-29-15-20(31-33-25)19-8-5-16(11-22(19)36)17-12-23(37-3)32-30-14-17/h5,8,11-12,14-15,18,21,24,34,36H,4,6-7,9-10,13H2,1-3H3/t21-,24-,26-,27+/m0/s1. The second-order valence-electron chi connectivity index (χ2n) is 11.1. The molecular formula is C27H32FN7O2. The van der Waals surface area contributed by atoms with Crippen LogP contribution in [0.5, 0.6) is 11.6 Å². The zero-order valence-electron chi connectivity index (χ0n) is 21.4. The van der Waals surface area contributed by atoms with Gasteiger partial charge in [-0.3, -0.25) is 0 Å². The fraction of sp³-hybridized carbons (Fsp3) is 0.519. The number of fused-ring (bicyclic) bond motifs is 2. The molecule has 1 aliphatic carbocycles. The molecule has 10 heteroatoms. The normalized spacial score (nSPS) is 29.1. The predicted octanol–water partition coefficient (Wildman–Crippen LogP) is 4.08. The van der Waals surface area contributed by atoms with Crippen LogP contribution in [-0.2, 0) is 0 Å². The number of rotatable bonds is 6. The topological polar surface area (TPSA) is 109 Å². The van der Waals surface area contributed by atoms with Crippen molar-refractivity contribution in [2.24, 2.45) is 0 Å². The Morgan fingerprint density at radius 2 is 1.92 bits per heavy atom. The number of hydrogen-bond donors (Lipinski definition) is 2. The first-order chi connectivity index (χ1) is 17.8. The van der Waals surface area contributed by atoms with Gasteiger partial charge in [0.05, 0.1) is 25.5 Å². The maximum absolute atomic E-state index is 16.0. The number of nitrogens with one attached hydrogen (secondary N) is 1. The Balaban J connectivity index is 1.27. The first-order valence-corrected chi connectivity index (χ1v) is 12.9. The van der Waals surface area contributed by atoms with Crippen molar-refractivity contribution in [2.75, 3.05) is 12.0 Å². The highest BCUT2D eigenvalue weighted by atomic mass is 19.1. The summed E-state index contributed by atoms with van der Waals surface area (Å²) in [5.41, 5.74) is 1.86. The van der Waals surface area contributed by atoms with Crippen LogP contribution >= 0.6 is 0 Å². The van der Waals surface area contributed by atoms with Crippen molar-refractivity contribution in [3.8, 4) is 34.0 Å². The molecule has 3 aliphatic rings. The highest BCUT2D eigenvalue weighted by molar-refractivity contribution is 5.74. The van der Waals surface area contributed by atoms with Gasteiger partial charge in [-0.2, -0.15) is 5.10 Å². The van der Waals surface area contributed by atoms with Gasteiger partial charge in [-0.25, -0.2) is 9.37 Å². The Bertz CT molecular complexity index is 1300. The van der Waals surface area contributed by atoms with Crippen LogP contribution in [0.15, 0.2) is 36.7 Å². The number of phenolic OH excluding ortho intramolecular Hbond substituents is 1. The lowest BCUT2D eigenvalue weighted by molar-refractivity contribution is 0.0000874. The molecule has 2 bridgehead atoms. The summed E-state index contributed by atoms with van der Waals surface area (Å²) in [6.45, 7) is 4.22. The average molecular weight is 506 g/mol. The molecule has 1 saturated carbocycles. The molecule has 2 aromatic heterocycles. The largest absolute Gasteiger partial charge is 0.507 e. The number of piperidine rings is 2. The molecule has 2 N–H and O–H groups in total. The molecule has 3 fully saturated rings. The molecule has 1 aromatic carbocycles. The van der Waals surface area contributed by atoms with E-state index in [-0.39, 0.29) is 23.4 Å². The molecule has 0 spiro atoms. The number of alkyl halides is 1. The van der Waals surface area contributed by atoms with Gasteiger partial charge in [-0.05, 0) is 70.1 Å². The van der Waals surface area contributed by atoms with E-state index in [0.29, 0.717) is 29.5 Å². The summed E-state index contributed by atoms with van der Waals surface area (Å²) in [5.74, 6) is 0.895. The second-order valence-corrected chi connectivity index (χ2v) is 11.1. The molecule has 194 valence electrons. The number of nitrogens with zero attached hydrogens (tertiary/aromatic N) is 6. The number of ether oxygens (including phenoxy) is 1. The Hall–Kier alpha value is -3.40. The molecule has 9 nitrogen and oxygen atoms in total. The number of phenols is 1. The smallest absolute Gasteiger partial charge is 0.245 e. The Kier molecular flexibility index (Phi) is 5.74. The van der Waals surface area contributed by atoms with E-state index in [0.717, 1.165) is 43.2 Å². The Morgan fingerprint density at radius 1 is 1.08 bits per heavy atom. The maximum Gasteiger partial charge on any atom is 0.245 e. The molecule has 0 unspecified atom stereocenters. The fourth-order valence-electron chi connectivity index (χ4n) is 6.23. The molecule has 4 heterocycles. The van der Waals surface area contributed by atoms with Crippen molar-refractivity contribution in [2.45, 2.75) is 81.7 Å². The van der Waals surface area contributed by atoms with Crippen LogP contribution in [0, 0.1) is 0 Å². The number of methoxy groups -OCH3 is 1. The lowest BCUT2D eigenvalue weighted by atomic mass is 9.68. The van der Waals surface area contributed by atoms with Gasteiger partial charge in [-0.1, -0.05) is 6.07 Å². The van der Waals surface area contributed by atoms with Crippen LogP contribution in [0.2, 0.25) is 0 Å². The van der Waals surface area contributed by atoms with E-state index in [1.807, 2.05) is 13.0 Å². The Labute approximate surface area is 215 Å². The molecular weight excluding hydrogens is 473 g/mol. The first-order valence-electron chi connectivity index (χ1n) is 12.9. The highest BCUT2D eigenvalue weighted by Crippen LogP contribution is 2.46. The highest BCUT2D eigenvalue weighted by Gasteiger charge is 2.56. The van der Waals surface area contributed by atoms with Crippen molar-refractivity contribution < 1.29 is 14.2 Å². The summed E-state index contributed by atoms with van der Waals surface area (Å²) in [7, 11) is 1.53. The summed E-state index contributed by atoms with van der Waals surface area (Å²) in [6.07, 6.45) is 7.82. The first kappa shape index (κ1) is 24.0. The van der Waals surface area contributed by atoms with E-state index in [4.69, 9.17) is 4.74 Å². The minimum absolute atomic E-state index is 0.0482. The number of benzene rings is 1. The van der Waals surface area contributed by atoms with E-state index in [1.165, 1.54) is 7.11 Å². The summed E-state index contributed by atoms with van der Waals surface area (Å²) < 4.78 is 21.1. The van der Waals surface area contributed by atoms with Gasteiger partial charge < -0.3 is 20.1 Å². The van der Waals surface area contributed by atoms with Gasteiger partial charge in [0, 0.05) is 34.3 Å². The SMILES string of the molecule is COc1cc(-c2ccc(-c3cnc(N(C4CC4)[C@H]4C[C@]5(C)CCC[C@@](C)(N5)[C@H]4F)nn3)c(O)c2)cnn1. The summed E-state index contributed by atoms with van der Waals surface area (Å²) in [5, 5.41) is 31.0. The molecule has 0 amide bonds. The number of aromatic nitrogens is 5. The number of aromatic hydroxyl groups is 1. The summed E-state index contributed by atoms with van der Waals surface area (Å²) in [4.78, 5) is 6.71. The van der Waals surface area contributed by atoms with Crippen molar-refractivity contribution >= 4 is 5.95 Å². The average Bonchev–Trinajstić information content (AvgIpc) is 3.73. The van der Waals surface area contributed by atoms with Crippen LogP contribution in [0.1, 0.15) is 52.4 Å². The summed E-state index contributed by atoms with van der Waals surface area (Å²) >= 11 is 0. The van der Waals surface area contributed by atoms with Crippen LogP contribution in [0.25, 0.3) is 22.4 Å². The lowest BCUT2D eigenvalue weighted by Gasteiger charge is -2.57. The van der Waals surface area contributed by atoms with E-state index in [1.54, 1.807) is 30.6 Å². The quantitative estimate of drug-likeness (QED) is 0.512. The third-order valence-electron chi connectivity index (χ3n) is 8.14. The van der Waals surface area contributed by atoms with Gasteiger partial charge in [-0.15, -0.1) is 15.3 Å². The number of hydrogen-bond acceptors (Lipinski definition) is 9. The van der Waals surface area contributed by atoms with E-state index >= 15 is 4.39 Å². The maximum atomic E-state index is 16.0. The van der Waals surface area contributed by atoms with Crippen LogP contribution in [0.4, 0.5) is 10.3 Å². The lowest BCUT2D eigenvalue weighted by Crippen LogP contribution is -2.73. The van der Waals surface area contributed by atoms with Crippen molar-refractivity contribution in [1.82, 2.24) is 30.7 Å². The zero-order valence-corrected chi connectivity index (χ0v) is 21.4. The van der Waals surface area contributed by atoms with Crippen LogP contribution in [0.3, 0.4) is 0 Å². The fourth-order valence-corrected chi connectivity index (χ4v) is 6.23. The van der Waals surface area contributed by atoms with Gasteiger partial charge in [0.1, 0.15) is 17.6 Å². The molecule has 0 radical (unpaired) electrons. The zero-order chi connectivity index (χ0) is 25.8. The van der Waals surface area contributed by atoms with E-state index in [9.17, 15) is 5.11 Å². The Morgan fingerprint density at radius 3 is 2.62 bits per heavy atom. The molecule has 3 aromatic rings. The van der Waals surface area contributed by atoms with E-state index in [2.05, 4.69) is 42.5 Å². The molecule has 37 heavy (non-hydrogen) atoms. The molecule has 2 saturated heterocycles. The van der Waals surface area contributed by atoms with Crippen molar-refractivity contribution in [1.29, 1.82) is 0 Å². The number of halogens is 1. The minimum atomic E-state index is -1.03. The summed E-state index contributed by atoms with van der Waals surface area (Å²) in [6, 6.07) is 6.96. The van der Waals surface area contributed by atoms with Crippen LogP contribution < -0.4 is 15.0 Å². The molecule has 2 aliphatic heterocycles. The van der Waals surface area contributed by atoms with Gasteiger partial charge >= 0.3 is 0 Å². The van der Waals surface area contributed by atoms with Gasteiger partial charge in [0.15, 0.2) is 0 Å². The molecule has 6 rings (SSSR count). The number of anilines is 1. The second kappa shape index (κ2) is 8.86. The monoisotopic (exact) mass is 505 g/mol. The van der Waals surface area contributed by atoms with Crippen LogP contribution in [-0.4, -0.2) is 66.9 Å². The third kappa shape index (κ3) is 4.37. The van der Waals surface area contributed by atoms with E-state index < -0.39 is 11.7 Å². The van der Waals surface area contributed by atoms with Gasteiger partial charge in [0.2, 0.25) is 11.8 Å². The van der Waals surface area contributed by atoms with Crippen molar-refractivity contribution in [3.63, 3.8) is 0 Å². The van der Waals surface area contributed by atoms with Gasteiger partial charge in [0.25, 0.3) is 0 Å². The molecule has 4 atom stereocenters.